The fourth-order valence-electron chi connectivity index (χ4n) is 2.01. The maximum absolute atomic E-state index is 12.1. The van der Waals surface area contributed by atoms with Crippen molar-refractivity contribution in [1.82, 2.24) is 0 Å². The van der Waals surface area contributed by atoms with Crippen LogP contribution in [0.25, 0.3) is 0 Å². The van der Waals surface area contributed by atoms with Crippen LogP contribution in [0.3, 0.4) is 0 Å². The standard InChI is InChI=1S/C18H19BrO2/c1-13(2)14-7-9-15(10-8-14)18(20)12-21-11-16-5-3-4-6-17(16)19/h3-10,13H,11-12H2,1-2H3. The Morgan fingerprint density at radius 3 is 2.38 bits per heavy atom. The van der Waals surface area contributed by atoms with Gasteiger partial charge in [0.25, 0.3) is 0 Å². The summed E-state index contributed by atoms with van der Waals surface area (Å²) in [5.74, 6) is 0.484. The molecule has 0 N–H and O–H groups in total. The van der Waals surface area contributed by atoms with Gasteiger partial charge >= 0.3 is 0 Å². The van der Waals surface area contributed by atoms with Crippen LogP contribution in [-0.2, 0) is 11.3 Å². The number of carbonyl (C=O) groups is 1. The van der Waals surface area contributed by atoms with Crippen LogP contribution in [0.2, 0.25) is 0 Å². The van der Waals surface area contributed by atoms with Crippen molar-refractivity contribution in [2.75, 3.05) is 6.61 Å². The molecule has 2 nitrogen and oxygen atoms in total. The van der Waals surface area contributed by atoms with Gasteiger partial charge in [0.05, 0.1) is 6.61 Å². The molecule has 21 heavy (non-hydrogen) atoms. The van der Waals surface area contributed by atoms with Crippen LogP contribution in [0.5, 0.6) is 0 Å². The minimum absolute atomic E-state index is 0.0114. The fourth-order valence-corrected chi connectivity index (χ4v) is 2.41. The summed E-state index contributed by atoms with van der Waals surface area (Å²) < 4.78 is 6.51. The third-order valence-corrected chi connectivity index (χ3v) is 4.12. The average molecular weight is 347 g/mol. The number of ketones is 1. The molecule has 0 saturated heterocycles. The number of rotatable bonds is 6. The summed E-state index contributed by atoms with van der Waals surface area (Å²) in [7, 11) is 0. The molecule has 0 spiro atoms. The molecule has 0 radical (unpaired) electrons. The highest BCUT2D eigenvalue weighted by Gasteiger charge is 2.08. The number of Topliss-reactive ketones (excluding diaryl/α,β-unsaturated/α-hetero) is 1. The molecule has 0 aliphatic rings. The molecule has 3 heteroatoms. The molecule has 0 heterocycles. The van der Waals surface area contributed by atoms with Gasteiger partial charge in [-0.15, -0.1) is 0 Å². The first kappa shape index (κ1) is 15.9. The average Bonchev–Trinajstić information content (AvgIpc) is 2.49. The van der Waals surface area contributed by atoms with Gasteiger partial charge < -0.3 is 4.74 Å². The van der Waals surface area contributed by atoms with Crippen LogP contribution in [0, 0.1) is 0 Å². The van der Waals surface area contributed by atoms with Gasteiger partial charge in [-0.3, -0.25) is 4.79 Å². The van der Waals surface area contributed by atoms with Crippen molar-refractivity contribution in [3.8, 4) is 0 Å². The van der Waals surface area contributed by atoms with Crippen molar-refractivity contribution in [2.24, 2.45) is 0 Å². The second-order valence-electron chi connectivity index (χ2n) is 5.28. The summed E-state index contributed by atoms with van der Waals surface area (Å²) in [5.41, 5.74) is 2.98. The second kappa shape index (κ2) is 7.53. The Bertz CT molecular complexity index is 603. The number of carbonyl (C=O) groups excluding carboxylic acids is 1. The number of hydrogen-bond acceptors (Lipinski definition) is 2. The van der Waals surface area contributed by atoms with E-state index in [2.05, 4.69) is 29.8 Å². The summed E-state index contributed by atoms with van der Waals surface area (Å²) in [6.45, 7) is 4.80. The Balaban J connectivity index is 1.88. The van der Waals surface area contributed by atoms with Crippen molar-refractivity contribution in [1.29, 1.82) is 0 Å². The summed E-state index contributed by atoms with van der Waals surface area (Å²) in [6, 6.07) is 15.6. The monoisotopic (exact) mass is 346 g/mol. The normalized spacial score (nSPS) is 10.9. The van der Waals surface area contributed by atoms with Gasteiger partial charge in [-0.1, -0.05) is 72.2 Å². The Morgan fingerprint density at radius 1 is 1.10 bits per heavy atom. The topological polar surface area (TPSA) is 26.3 Å². The lowest BCUT2D eigenvalue weighted by Crippen LogP contribution is -2.09. The molecule has 0 saturated carbocycles. The summed E-state index contributed by atoms with van der Waals surface area (Å²) in [6.07, 6.45) is 0. The molecule has 0 unspecified atom stereocenters. The molecule has 2 rings (SSSR count). The summed E-state index contributed by atoms with van der Waals surface area (Å²) in [5, 5.41) is 0. The molecule has 0 aromatic heterocycles. The van der Waals surface area contributed by atoms with Crippen LogP contribution in [0.1, 0.15) is 41.3 Å². The summed E-state index contributed by atoms with van der Waals surface area (Å²) >= 11 is 3.46. The van der Waals surface area contributed by atoms with Crippen LogP contribution in [0.15, 0.2) is 53.0 Å². The minimum atomic E-state index is 0.0114. The lowest BCUT2D eigenvalue weighted by atomic mass is 10.0. The van der Waals surface area contributed by atoms with Crippen molar-refractivity contribution < 1.29 is 9.53 Å². The van der Waals surface area contributed by atoms with Gasteiger partial charge in [0.1, 0.15) is 6.61 Å². The van der Waals surface area contributed by atoms with E-state index in [1.807, 2.05) is 48.5 Å². The van der Waals surface area contributed by atoms with E-state index in [0.29, 0.717) is 18.1 Å². The first-order valence-electron chi connectivity index (χ1n) is 7.02. The quantitative estimate of drug-likeness (QED) is 0.690. The fraction of sp³-hybridized carbons (Fsp3) is 0.278. The lowest BCUT2D eigenvalue weighted by molar-refractivity contribution is 0.0725. The van der Waals surface area contributed by atoms with E-state index in [1.165, 1.54) is 5.56 Å². The molecule has 0 atom stereocenters. The van der Waals surface area contributed by atoms with E-state index in [-0.39, 0.29) is 12.4 Å². The number of ether oxygens (including phenoxy) is 1. The molecule has 110 valence electrons. The maximum Gasteiger partial charge on any atom is 0.188 e. The third kappa shape index (κ3) is 4.51. The number of benzene rings is 2. The Hall–Kier alpha value is -1.45. The van der Waals surface area contributed by atoms with Gasteiger partial charge in [0.15, 0.2) is 5.78 Å². The van der Waals surface area contributed by atoms with Crippen molar-refractivity contribution in [3.63, 3.8) is 0 Å². The smallest absolute Gasteiger partial charge is 0.188 e. The van der Waals surface area contributed by atoms with Crippen molar-refractivity contribution in [2.45, 2.75) is 26.4 Å². The van der Waals surface area contributed by atoms with Crippen LogP contribution < -0.4 is 0 Å². The minimum Gasteiger partial charge on any atom is -0.369 e. The highest BCUT2D eigenvalue weighted by atomic mass is 79.9. The number of hydrogen-bond donors (Lipinski definition) is 0. The van der Waals surface area contributed by atoms with Crippen molar-refractivity contribution in [3.05, 3.63) is 69.7 Å². The maximum atomic E-state index is 12.1. The molecule has 2 aromatic carbocycles. The first-order valence-corrected chi connectivity index (χ1v) is 7.81. The predicted molar refractivity (Wildman–Crippen MR) is 88.7 cm³/mol. The van der Waals surface area contributed by atoms with E-state index < -0.39 is 0 Å². The summed E-state index contributed by atoms with van der Waals surface area (Å²) in [4.78, 5) is 12.1. The van der Waals surface area contributed by atoms with Crippen LogP contribution >= 0.6 is 15.9 Å². The molecular formula is C18H19BrO2. The van der Waals surface area contributed by atoms with Gasteiger partial charge in [-0.2, -0.15) is 0 Å². The number of halogens is 1. The van der Waals surface area contributed by atoms with E-state index in [9.17, 15) is 4.79 Å². The van der Waals surface area contributed by atoms with E-state index in [1.54, 1.807) is 0 Å². The molecule has 2 aromatic rings. The van der Waals surface area contributed by atoms with Gasteiger partial charge in [0.2, 0.25) is 0 Å². The molecule has 0 bridgehead atoms. The highest BCUT2D eigenvalue weighted by molar-refractivity contribution is 9.10. The zero-order valence-electron chi connectivity index (χ0n) is 12.3. The second-order valence-corrected chi connectivity index (χ2v) is 6.14. The van der Waals surface area contributed by atoms with Gasteiger partial charge in [0, 0.05) is 10.0 Å². The third-order valence-electron chi connectivity index (χ3n) is 3.35. The first-order chi connectivity index (χ1) is 10.1. The SMILES string of the molecule is CC(C)c1ccc(C(=O)COCc2ccccc2Br)cc1. The highest BCUT2D eigenvalue weighted by Crippen LogP contribution is 2.17. The lowest BCUT2D eigenvalue weighted by Gasteiger charge is -2.08. The molecule has 0 aliphatic heterocycles. The zero-order chi connectivity index (χ0) is 15.2. The van der Waals surface area contributed by atoms with Gasteiger partial charge in [-0.25, -0.2) is 0 Å². The molecule has 0 fully saturated rings. The van der Waals surface area contributed by atoms with E-state index >= 15 is 0 Å². The Kier molecular flexibility index (Phi) is 5.71. The van der Waals surface area contributed by atoms with E-state index in [4.69, 9.17) is 4.74 Å². The Morgan fingerprint density at radius 2 is 1.76 bits per heavy atom. The zero-order valence-corrected chi connectivity index (χ0v) is 13.9. The molecule has 0 amide bonds. The predicted octanol–water partition coefficient (Wildman–Crippen LogP) is 4.97. The van der Waals surface area contributed by atoms with Crippen LogP contribution in [0.4, 0.5) is 0 Å². The van der Waals surface area contributed by atoms with E-state index in [0.717, 1.165) is 10.0 Å². The largest absolute Gasteiger partial charge is 0.369 e. The van der Waals surface area contributed by atoms with Gasteiger partial charge in [-0.05, 0) is 23.1 Å². The van der Waals surface area contributed by atoms with Crippen molar-refractivity contribution >= 4 is 21.7 Å². The molecular weight excluding hydrogens is 328 g/mol. The Labute approximate surface area is 134 Å². The van der Waals surface area contributed by atoms with Crippen LogP contribution in [-0.4, -0.2) is 12.4 Å². The molecule has 0 aliphatic carbocycles.